The smallest absolute Gasteiger partial charge is 0.215 e. The maximum Gasteiger partial charge on any atom is 0.215 e. The number of hydrogen-bond acceptors (Lipinski definition) is 5. The highest BCUT2D eigenvalue weighted by molar-refractivity contribution is 5.75. The van der Waals surface area contributed by atoms with Crippen LogP contribution in [-0.2, 0) is 0 Å². The molecule has 6 heteroatoms. The van der Waals surface area contributed by atoms with Gasteiger partial charge in [0.15, 0.2) is 5.65 Å². The highest BCUT2D eigenvalue weighted by atomic mass is 16.5. The van der Waals surface area contributed by atoms with E-state index in [1.165, 1.54) is 32.4 Å². The van der Waals surface area contributed by atoms with Crippen LogP contribution in [0.2, 0.25) is 0 Å². The van der Waals surface area contributed by atoms with Crippen molar-refractivity contribution < 1.29 is 4.74 Å². The third kappa shape index (κ3) is 2.81. The minimum atomic E-state index is 0.243. The van der Waals surface area contributed by atoms with Crippen LogP contribution in [0.3, 0.4) is 0 Å². The van der Waals surface area contributed by atoms with Crippen molar-refractivity contribution in [3.63, 3.8) is 0 Å². The Hall–Kier alpha value is -1.82. The van der Waals surface area contributed by atoms with Gasteiger partial charge in [-0.15, -0.1) is 0 Å². The van der Waals surface area contributed by atoms with Crippen molar-refractivity contribution in [3.05, 3.63) is 12.1 Å². The Morgan fingerprint density at radius 2 is 2.00 bits per heavy atom. The molecule has 0 aliphatic carbocycles. The molecule has 3 heterocycles. The van der Waals surface area contributed by atoms with Gasteiger partial charge in [-0.2, -0.15) is 4.98 Å². The first kappa shape index (κ1) is 14.1. The highest BCUT2D eigenvalue weighted by Gasteiger charge is 2.19. The number of rotatable bonds is 4. The number of aromatic nitrogens is 3. The van der Waals surface area contributed by atoms with E-state index in [2.05, 4.69) is 21.8 Å². The van der Waals surface area contributed by atoms with Crippen molar-refractivity contribution >= 4 is 17.1 Å². The number of fused-ring (bicyclic) bond motifs is 1. The van der Waals surface area contributed by atoms with E-state index in [0.29, 0.717) is 11.8 Å². The zero-order valence-corrected chi connectivity index (χ0v) is 12.7. The van der Waals surface area contributed by atoms with Gasteiger partial charge in [0.25, 0.3) is 0 Å². The van der Waals surface area contributed by atoms with Gasteiger partial charge in [0.05, 0.1) is 7.11 Å². The molecule has 114 valence electrons. The van der Waals surface area contributed by atoms with Gasteiger partial charge in [0.1, 0.15) is 5.52 Å². The Balaban J connectivity index is 1.88. The number of likely N-dealkylation sites (tertiary alicyclic amines) is 1. The molecule has 0 aromatic carbocycles. The SMILES string of the molecule is COc1ccc2nc(N)n(C(C)CN3CCCCC3)c2n1. The molecule has 1 aliphatic rings. The summed E-state index contributed by atoms with van der Waals surface area (Å²) in [6.07, 6.45) is 3.93. The van der Waals surface area contributed by atoms with Crippen molar-refractivity contribution in [2.45, 2.75) is 32.2 Å². The third-order valence-corrected chi connectivity index (χ3v) is 4.16. The number of nitrogen functional groups attached to an aromatic ring is 1. The minimum Gasteiger partial charge on any atom is -0.481 e. The summed E-state index contributed by atoms with van der Waals surface area (Å²) in [5.41, 5.74) is 7.72. The van der Waals surface area contributed by atoms with Gasteiger partial charge in [0, 0.05) is 18.7 Å². The topological polar surface area (TPSA) is 69.2 Å². The molecular formula is C15H23N5O. The van der Waals surface area contributed by atoms with E-state index in [9.17, 15) is 0 Å². The van der Waals surface area contributed by atoms with E-state index in [0.717, 1.165) is 17.7 Å². The predicted molar refractivity (Wildman–Crippen MR) is 83.5 cm³/mol. The first-order chi connectivity index (χ1) is 10.2. The Bertz CT molecular complexity index is 618. The molecule has 21 heavy (non-hydrogen) atoms. The molecule has 1 saturated heterocycles. The van der Waals surface area contributed by atoms with Crippen LogP contribution < -0.4 is 10.5 Å². The second kappa shape index (κ2) is 5.89. The Morgan fingerprint density at radius 3 is 2.71 bits per heavy atom. The van der Waals surface area contributed by atoms with Crippen LogP contribution in [0, 0.1) is 0 Å². The van der Waals surface area contributed by atoms with Gasteiger partial charge < -0.3 is 15.4 Å². The molecule has 1 unspecified atom stereocenters. The van der Waals surface area contributed by atoms with E-state index in [1.54, 1.807) is 7.11 Å². The third-order valence-electron chi connectivity index (χ3n) is 4.16. The molecule has 2 aromatic rings. The Kier molecular flexibility index (Phi) is 3.96. The summed E-state index contributed by atoms with van der Waals surface area (Å²) in [6, 6.07) is 3.96. The lowest BCUT2D eigenvalue weighted by molar-refractivity contribution is 0.203. The van der Waals surface area contributed by atoms with Gasteiger partial charge >= 0.3 is 0 Å². The molecule has 0 spiro atoms. The maximum atomic E-state index is 6.10. The molecule has 3 rings (SSSR count). The molecule has 6 nitrogen and oxygen atoms in total. The number of ether oxygens (including phenoxy) is 1. The second-order valence-electron chi connectivity index (χ2n) is 5.75. The van der Waals surface area contributed by atoms with E-state index >= 15 is 0 Å². The summed E-state index contributed by atoms with van der Waals surface area (Å²) in [5.74, 6) is 1.11. The van der Waals surface area contributed by atoms with Crippen LogP contribution in [-0.4, -0.2) is 46.2 Å². The number of anilines is 1. The van der Waals surface area contributed by atoms with Gasteiger partial charge in [-0.25, -0.2) is 4.98 Å². The lowest BCUT2D eigenvalue weighted by atomic mass is 10.1. The van der Waals surface area contributed by atoms with Crippen molar-refractivity contribution in [2.75, 3.05) is 32.5 Å². The van der Waals surface area contributed by atoms with Crippen molar-refractivity contribution in [1.82, 2.24) is 19.4 Å². The van der Waals surface area contributed by atoms with Crippen LogP contribution in [0.1, 0.15) is 32.2 Å². The number of nitrogens with zero attached hydrogens (tertiary/aromatic N) is 4. The molecule has 0 bridgehead atoms. The van der Waals surface area contributed by atoms with Crippen LogP contribution in [0.15, 0.2) is 12.1 Å². The number of methoxy groups -OCH3 is 1. The van der Waals surface area contributed by atoms with Crippen LogP contribution in [0.25, 0.3) is 11.2 Å². The molecule has 2 aromatic heterocycles. The van der Waals surface area contributed by atoms with Crippen molar-refractivity contribution in [2.24, 2.45) is 0 Å². The lowest BCUT2D eigenvalue weighted by Gasteiger charge is -2.29. The minimum absolute atomic E-state index is 0.243. The molecule has 0 radical (unpaired) electrons. The van der Waals surface area contributed by atoms with Crippen LogP contribution >= 0.6 is 0 Å². The van der Waals surface area contributed by atoms with Crippen LogP contribution in [0.4, 0.5) is 5.95 Å². The molecule has 1 aliphatic heterocycles. The molecule has 0 saturated carbocycles. The molecule has 1 atom stereocenters. The van der Waals surface area contributed by atoms with Crippen molar-refractivity contribution in [1.29, 1.82) is 0 Å². The predicted octanol–water partition coefficient (Wildman–Crippen LogP) is 2.07. The Morgan fingerprint density at radius 1 is 1.24 bits per heavy atom. The Labute approximate surface area is 124 Å². The van der Waals surface area contributed by atoms with E-state index < -0.39 is 0 Å². The first-order valence-corrected chi connectivity index (χ1v) is 7.60. The summed E-state index contributed by atoms with van der Waals surface area (Å²) in [6.45, 7) is 5.50. The summed E-state index contributed by atoms with van der Waals surface area (Å²) in [4.78, 5) is 11.4. The zero-order valence-electron chi connectivity index (χ0n) is 12.7. The quantitative estimate of drug-likeness (QED) is 0.933. The summed E-state index contributed by atoms with van der Waals surface area (Å²) in [7, 11) is 1.62. The maximum absolute atomic E-state index is 6.10. The monoisotopic (exact) mass is 289 g/mol. The first-order valence-electron chi connectivity index (χ1n) is 7.60. The van der Waals surface area contributed by atoms with Gasteiger partial charge in [-0.1, -0.05) is 6.42 Å². The number of piperidine rings is 1. The summed E-state index contributed by atoms with van der Waals surface area (Å²) in [5, 5.41) is 0. The molecule has 1 fully saturated rings. The number of nitrogens with two attached hydrogens (primary N) is 1. The normalized spacial score (nSPS) is 18.0. The number of pyridine rings is 1. The highest BCUT2D eigenvalue weighted by Crippen LogP contribution is 2.24. The lowest BCUT2D eigenvalue weighted by Crippen LogP contribution is -2.34. The van der Waals surface area contributed by atoms with E-state index in [-0.39, 0.29) is 6.04 Å². The summed E-state index contributed by atoms with van der Waals surface area (Å²) >= 11 is 0. The standard InChI is InChI=1S/C15H23N5O/c1-11(10-19-8-4-3-5-9-19)20-14-12(17-15(20)16)6-7-13(18-14)21-2/h6-7,11H,3-5,8-10H2,1-2H3,(H2,16,17). The average molecular weight is 289 g/mol. The van der Waals surface area contributed by atoms with Crippen molar-refractivity contribution in [3.8, 4) is 5.88 Å². The molecule has 2 N–H and O–H groups in total. The summed E-state index contributed by atoms with van der Waals surface area (Å²) < 4.78 is 7.23. The van der Waals surface area contributed by atoms with E-state index in [4.69, 9.17) is 10.5 Å². The second-order valence-corrected chi connectivity index (χ2v) is 5.75. The fourth-order valence-electron chi connectivity index (χ4n) is 3.12. The van der Waals surface area contributed by atoms with Gasteiger partial charge in [-0.3, -0.25) is 4.57 Å². The van der Waals surface area contributed by atoms with Gasteiger partial charge in [-0.05, 0) is 38.9 Å². The van der Waals surface area contributed by atoms with Gasteiger partial charge in [0.2, 0.25) is 11.8 Å². The number of imidazole rings is 1. The number of hydrogen-bond donors (Lipinski definition) is 1. The van der Waals surface area contributed by atoms with E-state index in [1.807, 2.05) is 16.7 Å². The van der Waals surface area contributed by atoms with Crippen LogP contribution in [0.5, 0.6) is 5.88 Å². The molecular weight excluding hydrogens is 266 g/mol. The average Bonchev–Trinajstić information content (AvgIpc) is 2.83. The zero-order chi connectivity index (χ0) is 14.8. The largest absolute Gasteiger partial charge is 0.481 e. The fourth-order valence-corrected chi connectivity index (χ4v) is 3.12. The molecule has 0 amide bonds. The fraction of sp³-hybridized carbons (Fsp3) is 0.600.